The third-order valence-corrected chi connectivity index (χ3v) is 3.49. The zero-order chi connectivity index (χ0) is 15.5. The summed E-state index contributed by atoms with van der Waals surface area (Å²) in [6.07, 6.45) is 2.50. The van der Waals surface area contributed by atoms with Gasteiger partial charge in [-0.15, -0.1) is 0 Å². The largest absolute Gasteiger partial charge is 0.361 e. The minimum atomic E-state index is -0.856. The molecule has 0 aliphatic carbocycles. The first-order valence-electron chi connectivity index (χ1n) is 6.93. The fourth-order valence-electron chi connectivity index (χ4n) is 2.34. The van der Waals surface area contributed by atoms with Gasteiger partial charge in [-0.05, 0) is 41.6 Å². The Morgan fingerprint density at radius 2 is 1.95 bits per heavy atom. The summed E-state index contributed by atoms with van der Waals surface area (Å²) in [6.45, 7) is 0.377. The van der Waals surface area contributed by atoms with E-state index in [-0.39, 0.29) is 5.56 Å². The van der Waals surface area contributed by atoms with Crippen LogP contribution < -0.4 is 5.32 Å². The first kappa shape index (κ1) is 14.3. The highest BCUT2D eigenvalue weighted by atomic mass is 19.1. The van der Waals surface area contributed by atoms with E-state index >= 15 is 0 Å². The molecule has 0 saturated carbocycles. The molecule has 5 heteroatoms. The molecule has 3 aromatic rings. The predicted molar refractivity (Wildman–Crippen MR) is 80.7 cm³/mol. The van der Waals surface area contributed by atoms with E-state index in [4.69, 9.17) is 0 Å². The highest BCUT2D eigenvalue weighted by molar-refractivity contribution is 5.94. The Labute approximate surface area is 126 Å². The lowest BCUT2D eigenvalue weighted by Gasteiger charge is -2.06. The summed E-state index contributed by atoms with van der Waals surface area (Å²) in [4.78, 5) is 15.0. The van der Waals surface area contributed by atoms with E-state index in [1.165, 1.54) is 0 Å². The van der Waals surface area contributed by atoms with Crippen LogP contribution in [0.5, 0.6) is 0 Å². The molecule has 0 atom stereocenters. The smallest absolute Gasteiger partial charge is 0.254 e. The third kappa shape index (κ3) is 2.98. The molecule has 3 rings (SSSR count). The second-order valence-corrected chi connectivity index (χ2v) is 5.03. The third-order valence-electron chi connectivity index (χ3n) is 3.49. The van der Waals surface area contributed by atoms with Crippen LogP contribution in [0.25, 0.3) is 10.9 Å². The SMILES string of the molecule is O=C(NCCc1ccc2cc[nH]c2c1)c1ccc(F)cc1F. The van der Waals surface area contributed by atoms with Crippen molar-refractivity contribution < 1.29 is 13.6 Å². The van der Waals surface area contributed by atoms with E-state index in [1.807, 2.05) is 30.5 Å². The fraction of sp³-hybridized carbons (Fsp3) is 0.118. The number of rotatable bonds is 4. The van der Waals surface area contributed by atoms with Crippen LogP contribution in [0.2, 0.25) is 0 Å². The van der Waals surface area contributed by atoms with Crippen molar-refractivity contribution in [3.05, 3.63) is 71.4 Å². The number of nitrogens with one attached hydrogen (secondary N) is 2. The number of halogens is 2. The number of benzene rings is 2. The van der Waals surface area contributed by atoms with Crippen molar-refractivity contribution in [1.82, 2.24) is 10.3 Å². The van der Waals surface area contributed by atoms with E-state index < -0.39 is 17.5 Å². The lowest BCUT2D eigenvalue weighted by Crippen LogP contribution is -2.26. The van der Waals surface area contributed by atoms with Gasteiger partial charge >= 0.3 is 0 Å². The van der Waals surface area contributed by atoms with Crippen molar-refractivity contribution in [2.24, 2.45) is 0 Å². The molecule has 0 unspecified atom stereocenters. The summed E-state index contributed by atoms with van der Waals surface area (Å²) in [7, 11) is 0. The molecule has 2 aromatic carbocycles. The Bertz CT molecular complexity index is 826. The van der Waals surface area contributed by atoms with Crippen LogP contribution in [0, 0.1) is 11.6 Å². The molecule has 112 valence electrons. The van der Waals surface area contributed by atoms with E-state index in [9.17, 15) is 13.6 Å². The molecule has 0 bridgehead atoms. The van der Waals surface area contributed by atoms with Crippen LogP contribution in [-0.2, 0) is 6.42 Å². The van der Waals surface area contributed by atoms with Crippen LogP contribution in [-0.4, -0.2) is 17.4 Å². The molecule has 0 fully saturated rings. The molecule has 0 radical (unpaired) electrons. The first-order chi connectivity index (χ1) is 10.6. The lowest BCUT2D eigenvalue weighted by atomic mass is 10.1. The van der Waals surface area contributed by atoms with E-state index in [0.29, 0.717) is 19.0 Å². The van der Waals surface area contributed by atoms with Gasteiger partial charge < -0.3 is 10.3 Å². The summed E-state index contributed by atoms with van der Waals surface area (Å²) in [5.74, 6) is -2.10. The van der Waals surface area contributed by atoms with Gasteiger partial charge in [-0.3, -0.25) is 4.79 Å². The maximum atomic E-state index is 13.5. The number of H-pyrrole nitrogens is 1. The zero-order valence-corrected chi connectivity index (χ0v) is 11.7. The quantitative estimate of drug-likeness (QED) is 0.762. The van der Waals surface area contributed by atoms with Crippen LogP contribution in [0.3, 0.4) is 0 Å². The average Bonchev–Trinajstić information content (AvgIpc) is 2.94. The minimum Gasteiger partial charge on any atom is -0.361 e. The molecular formula is C17H14F2N2O. The summed E-state index contributed by atoms with van der Waals surface area (Å²) in [5, 5.41) is 3.76. The van der Waals surface area contributed by atoms with Gasteiger partial charge in [-0.25, -0.2) is 8.78 Å². The molecule has 3 nitrogen and oxygen atoms in total. The Morgan fingerprint density at radius 3 is 2.77 bits per heavy atom. The summed E-state index contributed by atoms with van der Waals surface area (Å²) in [6, 6.07) is 10.9. The predicted octanol–water partition coefficient (Wildman–Crippen LogP) is 3.42. The normalized spacial score (nSPS) is 10.8. The monoisotopic (exact) mass is 300 g/mol. The Kier molecular flexibility index (Phi) is 3.87. The Hall–Kier alpha value is -2.69. The first-order valence-corrected chi connectivity index (χ1v) is 6.93. The summed E-state index contributed by atoms with van der Waals surface area (Å²) < 4.78 is 26.3. The number of aromatic amines is 1. The highest BCUT2D eigenvalue weighted by Crippen LogP contribution is 2.14. The number of aromatic nitrogens is 1. The standard InChI is InChI=1S/C17H14F2N2O/c18-13-3-4-14(15(19)10-13)17(22)21-7-5-11-1-2-12-6-8-20-16(12)9-11/h1-4,6,8-10,20H,5,7H2,(H,21,22). The van der Waals surface area contributed by atoms with Gasteiger partial charge in [0.25, 0.3) is 5.91 Å². The molecule has 0 aliphatic rings. The van der Waals surface area contributed by atoms with Crippen LogP contribution in [0.4, 0.5) is 8.78 Å². The lowest BCUT2D eigenvalue weighted by molar-refractivity contribution is 0.0950. The zero-order valence-electron chi connectivity index (χ0n) is 11.7. The van der Waals surface area contributed by atoms with Gasteiger partial charge in [0.15, 0.2) is 0 Å². The van der Waals surface area contributed by atoms with E-state index in [2.05, 4.69) is 10.3 Å². The number of hydrogen-bond acceptors (Lipinski definition) is 1. The molecule has 0 aliphatic heterocycles. The summed E-state index contributed by atoms with van der Waals surface area (Å²) >= 11 is 0. The van der Waals surface area contributed by atoms with Crippen molar-refractivity contribution in [3.63, 3.8) is 0 Å². The Balaban J connectivity index is 1.61. The fourth-order valence-corrected chi connectivity index (χ4v) is 2.34. The van der Waals surface area contributed by atoms with Gasteiger partial charge in [0.2, 0.25) is 0 Å². The molecular weight excluding hydrogens is 286 g/mol. The van der Waals surface area contributed by atoms with Crippen molar-refractivity contribution in [2.75, 3.05) is 6.54 Å². The second-order valence-electron chi connectivity index (χ2n) is 5.03. The maximum Gasteiger partial charge on any atom is 0.254 e. The number of carbonyl (C=O) groups is 1. The summed E-state index contributed by atoms with van der Waals surface area (Å²) in [5.41, 5.74) is 1.95. The Morgan fingerprint density at radius 1 is 1.09 bits per heavy atom. The van der Waals surface area contributed by atoms with Gasteiger partial charge in [0.1, 0.15) is 11.6 Å². The van der Waals surface area contributed by atoms with Gasteiger partial charge in [-0.2, -0.15) is 0 Å². The van der Waals surface area contributed by atoms with Crippen molar-refractivity contribution in [3.8, 4) is 0 Å². The number of carbonyl (C=O) groups excluding carboxylic acids is 1. The highest BCUT2D eigenvalue weighted by Gasteiger charge is 2.11. The van der Waals surface area contributed by atoms with E-state index in [1.54, 1.807) is 0 Å². The van der Waals surface area contributed by atoms with Gasteiger partial charge in [0, 0.05) is 24.3 Å². The van der Waals surface area contributed by atoms with Crippen molar-refractivity contribution in [1.29, 1.82) is 0 Å². The molecule has 1 aromatic heterocycles. The maximum absolute atomic E-state index is 13.5. The number of fused-ring (bicyclic) bond motifs is 1. The van der Waals surface area contributed by atoms with Crippen LogP contribution >= 0.6 is 0 Å². The van der Waals surface area contributed by atoms with Gasteiger partial charge in [0.05, 0.1) is 5.56 Å². The topological polar surface area (TPSA) is 44.9 Å². The van der Waals surface area contributed by atoms with Gasteiger partial charge in [-0.1, -0.05) is 12.1 Å². The average molecular weight is 300 g/mol. The minimum absolute atomic E-state index is 0.152. The number of hydrogen-bond donors (Lipinski definition) is 2. The second kappa shape index (κ2) is 5.97. The molecule has 0 saturated heterocycles. The van der Waals surface area contributed by atoms with Crippen molar-refractivity contribution >= 4 is 16.8 Å². The molecule has 2 N–H and O–H groups in total. The van der Waals surface area contributed by atoms with E-state index in [0.717, 1.165) is 28.6 Å². The molecule has 1 amide bonds. The molecule has 0 spiro atoms. The molecule has 22 heavy (non-hydrogen) atoms. The number of amides is 1. The molecule has 1 heterocycles. The van der Waals surface area contributed by atoms with Crippen molar-refractivity contribution in [2.45, 2.75) is 6.42 Å². The van der Waals surface area contributed by atoms with Crippen LogP contribution in [0.1, 0.15) is 15.9 Å². The van der Waals surface area contributed by atoms with Crippen LogP contribution in [0.15, 0.2) is 48.7 Å².